The van der Waals surface area contributed by atoms with Crippen LogP contribution in [0.3, 0.4) is 0 Å². The summed E-state index contributed by atoms with van der Waals surface area (Å²) in [7, 11) is 3.19. The second-order valence-corrected chi connectivity index (χ2v) is 6.29. The summed E-state index contributed by atoms with van der Waals surface area (Å²) >= 11 is 6.22. The number of nitrogens with one attached hydrogen (secondary N) is 1. The predicted octanol–water partition coefficient (Wildman–Crippen LogP) is 3.40. The van der Waals surface area contributed by atoms with Crippen LogP contribution >= 0.6 is 11.6 Å². The van der Waals surface area contributed by atoms with E-state index in [0.29, 0.717) is 11.6 Å². The summed E-state index contributed by atoms with van der Waals surface area (Å²) in [6.45, 7) is 2.33. The Bertz CT molecular complexity index is 820. The van der Waals surface area contributed by atoms with E-state index in [9.17, 15) is 0 Å². The van der Waals surface area contributed by atoms with Gasteiger partial charge in [-0.05, 0) is 37.3 Å². The lowest BCUT2D eigenvalue weighted by Crippen LogP contribution is -2.28. The van der Waals surface area contributed by atoms with E-state index in [1.807, 2.05) is 43.3 Å². The molecular formula is C19H21ClN4O2. The van der Waals surface area contributed by atoms with Crippen molar-refractivity contribution in [1.82, 2.24) is 4.98 Å². The first-order chi connectivity index (χ1) is 12.6. The van der Waals surface area contributed by atoms with Crippen molar-refractivity contribution in [2.24, 2.45) is 9.98 Å². The molecule has 26 heavy (non-hydrogen) atoms. The Morgan fingerprint density at radius 2 is 2.00 bits per heavy atom. The van der Waals surface area contributed by atoms with Crippen LogP contribution in [-0.4, -0.2) is 49.6 Å². The van der Waals surface area contributed by atoms with Crippen LogP contribution < -0.4 is 5.32 Å². The van der Waals surface area contributed by atoms with Crippen LogP contribution in [0.5, 0.6) is 0 Å². The molecule has 0 spiro atoms. The minimum atomic E-state index is -0.420. The van der Waals surface area contributed by atoms with Crippen LogP contribution in [0.1, 0.15) is 18.2 Å². The molecule has 0 aliphatic carbocycles. The Balaban J connectivity index is 2.01. The lowest BCUT2D eigenvalue weighted by Gasteiger charge is -2.19. The van der Waals surface area contributed by atoms with Gasteiger partial charge in [0.2, 0.25) is 0 Å². The fourth-order valence-corrected chi connectivity index (χ4v) is 3.02. The lowest BCUT2D eigenvalue weighted by atomic mass is 10.0. The van der Waals surface area contributed by atoms with E-state index in [0.717, 1.165) is 28.5 Å². The smallest absolute Gasteiger partial charge is 0.178 e. The Hall–Kier alpha value is -2.28. The highest BCUT2D eigenvalue weighted by Gasteiger charge is 2.20. The summed E-state index contributed by atoms with van der Waals surface area (Å²) in [5.41, 5.74) is 3.35. The lowest BCUT2D eigenvalue weighted by molar-refractivity contribution is -0.112. The van der Waals surface area contributed by atoms with Crippen molar-refractivity contribution in [2.45, 2.75) is 19.3 Å². The molecule has 7 heteroatoms. The average molecular weight is 373 g/mol. The maximum Gasteiger partial charge on any atom is 0.178 e. The summed E-state index contributed by atoms with van der Waals surface area (Å²) < 4.78 is 10.6. The van der Waals surface area contributed by atoms with Gasteiger partial charge in [0.05, 0.1) is 18.0 Å². The van der Waals surface area contributed by atoms with Crippen molar-refractivity contribution < 1.29 is 9.47 Å². The minimum Gasteiger partial charge on any atom is -0.354 e. The summed E-state index contributed by atoms with van der Waals surface area (Å²) in [4.78, 5) is 13.9. The summed E-state index contributed by atoms with van der Waals surface area (Å²) in [6.07, 6.45) is 1.33. The second kappa shape index (κ2) is 8.40. The fraction of sp³-hybridized carbons (Fsp3) is 0.316. The van der Waals surface area contributed by atoms with Gasteiger partial charge in [-0.3, -0.25) is 15.0 Å². The molecule has 136 valence electrons. The Morgan fingerprint density at radius 1 is 1.19 bits per heavy atom. The molecule has 0 saturated heterocycles. The topological polar surface area (TPSA) is 68.1 Å². The van der Waals surface area contributed by atoms with E-state index in [-0.39, 0.29) is 6.04 Å². The number of aromatic nitrogens is 1. The number of pyridine rings is 1. The molecule has 6 nitrogen and oxygen atoms in total. The number of halogens is 1. The quantitative estimate of drug-likeness (QED) is 0.817. The first-order valence-electron chi connectivity index (χ1n) is 8.27. The minimum absolute atomic E-state index is 0.185. The largest absolute Gasteiger partial charge is 0.354 e. The Morgan fingerprint density at radius 3 is 2.69 bits per heavy atom. The van der Waals surface area contributed by atoms with E-state index in [1.165, 1.54) is 0 Å². The zero-order valence-electron chi connectivity index (χ0n) is 14.9. The molecule has 1 aromatic carbocycles. The molecule has 1 atom stereocenters. The number of hydrogen-bond acceptors (Lipinski definition) is 5. The first kappa shape index (κ1) is 18.5. The maximum absolute atomic E-state index is 6.22. The third-order valence-electron chi connectivity index (χ3n) is 4.03. The first-order valence-corrected chi connectivity index (χ1v) is 8.65. The molecule has 0 bridgehead atoms. The van der Waals surface area contributed by atoms with Crippen molar-refractivity contribution in [3.05, 3.63) is 58.9 Å². The molecule has 1 aromatic heterocycles. The highest BCUT2D eigenvalue weighted by molar-refractivity contribution is 6.31. The zero-order valence-corrected chi connectivity index (χ0v) is 15.7. The number of methoxy groups -OCH3 is 2. The van der Waals surface area contributed by atoms with E-state index in [4.69, 9.17) is 26.1 Å². The van der Waals surface area contributed by atoms with Crippen LogP contribution in [-0.2, 0) is 9.47 Å². The number of fused-ring (bicyclic) bond motifs is 1. The van der Waals surface area contributed by atoms with Gasteiger partial charge in [-0.2, -0.15) is 0 Å². The molecule has 1 N–H and O–H groups in total. The van der Waals surface area contributed by atoms with Crippen molar-refractivity contribution >= 4 is 28.8 Å². The molecule has 2 heterocycles. The van der Waals surface area contributed by atoms with Crippen LogP contribution in [0.4, 0.5) is 5.69 Å². The number of nitrogens with zero attached hydrogens (tertiary/aromatic N) is 3. The number of amidine groups is 1. The number of rotatable bonds is 5. The normalized spacial score (nSPS) is 16.7. The van der Waals surface area contributed by atoms with Crippen molar-refractivity contribution in [2.75, 3.05) is 26.1 Å². The van der Waals surface area contributed by atoms with E-state index >= 15 is 0 Å². The standard InChI is InChI=1S/C19H21ClN4O2/c1-12(19(25-2)26-3)23-17-11-22-18(16-6-4-5-9-21-16)14-10-13(20)7-8-15(14)24-17/h4-10,12,19H,11H2,1-3H3,(H,23,24). The highest BCUT2D eigenvalue weighted by atomic mass is 35.5. The van der Waals surface area contributed by atoms with Gasteiger partial charge in [0.25, 0.3) is 0 Å². The van der Waals surface area contributed by atoms with Crippen molar-refractivity contribution in [3.8, 4) is 0 Å². The Kier molecular flexibility index (Phi) is 5.98. The molecule has 0 radical (unpaired) electrons. The zero-order chi connectivity index (χ0) is 18.5. The molecule has 2 aromatic rings. The molecule has 0 fully saturated rings. The molecule has 1 aliphatic heterocycles. The fourth-order valence-electron chi connectivity index (χ4n) is 2.85. The third-order valence-corrected chi connectivity index (χ3v) is 4.26. The molecule has 3 rings (SSSR count). The average Bonchev–Trinajstić information content (AvgIpc) is 2.82. The van der Waals surface area contributed by atoms with Crippen LogP contribution in [0.15, 0.2) is 52.6 Å². The van der Waals surface area contributed by atoms with Gasteiger partial charge >= 0.3 is 0 Å². The van der Waals surface area contributed by atoms with Gasteiger partial charge < -0.3 is 14.8 Å². The number of ether oxygens (including phenoxy) is 2. The van der Waals surface area contributed by atoms with Crippen molar-refractivity contribution in [3.63, 3.8) is 0 Å². The van der Waals surface area contributed by atoms with Gasteiger partial charge in [-0.25, -0.2) is 0 Å². The van der Waals surface area contributed by atoms with E-state index in [2.05, 4.69) is 15.3 Å². The maximum atomic E-state index is 6.22. The second-order valence-electron chi connectivity index (χ2n) is 5.85. The van der Waals surface area contributed by atoms with Crippen LogP contribution in [0.25, 0.3) is 0 Å². The monoisotopic (exact) mass is 372 g/mol. The number of hydrogen-bond donors (Lipinski definition) is 1. The Labute approximate surface area is 157 Å². The number of anilines is 1. The predicted molar refractivity (Wildman–Crippen MR) is 105 cm³/mol. The summed E-state index contributed by atoms with van der Waals surface area (Å²) in [6, 6.07) is 11.2. The van der Waals surface area contributed by atoms with Gasteiger partial charge in [-0.1, -0.05) is 17.7 Å². The number of aliphatic imine (C=N–C) groups is 2. The van der Waals surface area contributed by atoms with Crippen LogP contribution in [0.2, 0.25) is 5.02 Å². The molecule has 0 saturated carbocycles. The highest BCUT2D eigenvalue weighted by Crippen LogP contribution is 2.25. The third kappa shape index (κ3) is 4.09. The van der Waals surface area contributed by atoms with Gasteiger partial charge in [0, 0.05) is 36.7 Å². The number of benzodiazepines with no additional fused rings is 1. The van der Waals surface area contributed by atoms with Gasteiger partial charge in [-0.15, -0.1) is 0 Å². The summed E-state index contributed by atoms with van der Waals surface area (Å²) in [5, 5.41) is 4.00. The summed E-state index contributed by atoms with van der Waals surface area (Å²) in [5.74, 6) is 0.728. The van der Waals surface area contributed by atoms with E-state index < -0.39 is 6.29 Å². The van der Waals surface area contributed by atoms with Crippen molar-refractivity contribution in [1.29, 1.82) is 0 Å². The van der Waals surface area contributed by atoms with Gasteiger partial charge in [0.15, 0.2) is 6.29 Å². The van der Waals surface area contributed by atoms with Crippen LogP contribution in [0, 0.1) is 0 Å². The van der Waals surface area contributed by atoms with Gasteiger partial charge in [0.1, 0.15) is 11.9 Å². The molecule has 1 unspecified atom stereocenters. The molecular weight excluding hydrogens is 352 g/mol. The molecule has 0 amide bonds. The molecule has 1 aliphatic rings. The van der Waals surface area contributed by atoms with E-state index in [1.54, 1.807) is 20.4 Å². The number of benzene rings is 1. The SMILES string of the molecule is COC(OC)C(C)N=C1CN=C(c2ccccn2)c2cc(Cl)ccc2N1.